The van der Waals surface area contributed by atoms with Crippen molar-refractivity contribution in [2.24, 2.45) is 5.92 Å². The second-order valence-corrected chi connectivity index (χ2v) is 10.7. The average molecular weight is 467 g/mol. The number of amides is 1. The highest BCUT2D eigenvalue weighted by molar-refractivity contribution is 5.89. The maximum Gasteiger partial charge on any atom is 0.416 e. The zero-order chi connectivity index (χ0) is 24.5. The SMILES string of the molecule is Cc1cc(C[C@H]2CCCN(C(C)c3cnc4c(c3)OCCN4C(=O)OC(C)(C)C)C2)cc(C)n1. The number of hydrogen-bond donors (Lipinski definition) is 0. The van der Waals surface area contributed by atoms with Crippen LogP contribution < -0.4 is 9.64 Å². The number of carbonyl (C=O) groups excluding carboxylic acids is 1. The summed E-state index contributed by atoms with van der Waals surface area (Å²) < 4.78 is 11.5. The molecular formula is C27H38N4O3. The fourth-order valence-electron chi connectivity index (χ4n) is 5.04. The van der Waals surface area contributed by atoms with Crippen LogP contribution in [0.25, 0.3) is 0 Å². The number of likely N-dealkylation sites (tertiary alicyclic amines) is 1. The van der Waals surface area contributed by atoms with Gasteiger partial charge in [-0.25, -0.2) is 9.78 Å². The van der Waals surface area contributed by atoms with Gasteiger partial charge >= 0.3 is 6.09 Å². The van der Waals surface area contributed by atoms with Crippen LogP contribution in [-0.4, -0.2) is 52.8 Å². The number of hydrogen-bond acceptors (Lipinski definition) is 6. The van der Waals surface area contributed by atoms with Gasteiger partial charge in [0.15, 0.2) is 11.6 Å². The van der Waals surface area contributed by atoms with Crippen molar-refractivity contribution >= 4 is 11.9 Å². The van der Waals surface area contributed by atoms with Crippen LogP contribution in [0, 0.1) is 19.8 Å². The summed E-state index contributed by atoms with van der Waals surface area (Å²) in [5.74, 6) is 1.82. The van der Waals surface area contributed by atoms with Crippen molar-refractivity contribution in [1.82, 2.24) is 14.9 Å². The summed E-state index contributed by atoms with van der Waals surface area (Å²) in [5.41, 5.74) is 4.13. The number of nitrogens with zero attached hydrogens (tertiary/aromatic N) is 4. The van der Waals surface area contributed by atoms with Crippen LogP contribution in [0.5, 0.6) is 5.75 Å². The van der Waals surface area contributed by atoms with Gasteiger partial charge in [-0.2, -0.15) is 0 Å². The molecule has 34 heavy (non-hydrogen) atoms. The van der Waals surface area contributed by atoms with Crippen LogP contribution in [0.1, 0.15) is 69.1 Å². The van der Waals surface area contributed by atoms with Gasteiger partial charge in [0, 0.05) is 30.2 Å². The predicted octanol–water partition coefficient (Wildman–Crippen LogP) is 5.24. The van der Waals surface area contributed by atoms with Gasteiger partial charge in [-0.1, -0.05) is 0 Å². The summed E-state index contributed by atoms with van der Waals surface area (Å²) in [6.45, 7) is 15.0. The first-order chi connectivity index (χ1) is 16.1. The zero-order valence-corrected chi connectivity index (χ0v) is 21.4. The highest BCUT2D eigenvalue weighted by atomic mass is 16.6. The molecule has 0 N–H and O–H groups in total. The normalized spacial score (nSPS) is 19.8. The third kappa shape index (κ3) is 5.87. The Morgan fingerprint density at radius 3 is 2.65 bits per heavy atom. The van der Waals surface area contributed by atoms with E-state index in [0.29, 0.717) is 30.6 Å². The molecule has 184 valence electrons. The molecule has 0 saturated carbocycles. The number of aryl methyl sites for hydroxylation is 2. The molecule has 2 aromatic heterocycles. The van der Waals surface area contributed by atoms with E-state index in [1.54, 1.807) is 4.90 Å². The molecule has 1 saturated heterocycles. The fraction of sp³-hybridized carbons (Fsp3) is 0.593. The van der Waals surface area contributed by atoms with Crippen molar-refractivity contribution in [3.05, 3.63) is 46.9 Å². The van der Waals surface area contributed by atoms with Crippen LogP contribution in [0.15, 0.2) is 24.4 Å². The molecule has 0 aliphatic carbocycles. The van der Waals surface area contributed by atoms with Crippen molar-refractivity contribution in [3.63, 3.8) is 0 Å². The van der Waals surface area contributed by atoms with E-state index < -0.39 is 5.60 Å². The number of rotatable bonds is 4. The Bertz CT molecular complexity index is 1010. The fourth-order valence-corrected chi connectivity index (χ4v) is 5.04. The second kappa shape index (κ2) is 9.90. The summed E-state index contributed by atoms with van der Waals surface area (Å²) in [5, 5.41) is 0. The zero-order valence-electron chi connectivity index (χ0n) is 21.4. The molecule has 1 amide bonds. The molecular weight excluding hydrogens is 428 g/mol. The molecule has 0 bridgehead atoms. The molecule has 0 radical (unpaired) electrons. The van der Waals surface area contributed by atoms with E-state index in [0.717, 1.165) is 36.5 Å². The van der Waals surface area contributed by atoms with Crippen molar-refractivity contribution in [1.29, 1.82) is 0 Å². The molecule has 1 unspecified atom stereocenters. The molecule has 2 aliphatic heterocycles. The molecule has 2 atom stereocenters. The Hall–Kier alpha value is -2.67. The number of aromatic nitrogens is 2. The quantitative estimate of drug-likeness (QED) is 0.614. The molecule has 7 heteroatoms. The molecule has 0 aromatic carbocycles. The Morgan fingerprint density at radius 2 is 1.94 bits per heavy atom. The number of anilines is 1. The molecule has 0 spiro atoms. The Kier molecular flexibility index (Phi) is 7.12. The van der Waals surface area contributed by atoms with Crippen molar-refractivity contribution in [2.75, 3.05) is 31.1 Å². The average Bonchev–Trinajstić information content (AvgIpc) is 2.76. The number of carbonyl (C=O) groups is 1. The minimum absolute atomic E-state index is 0.224. The lowest BCUT2D eigenvalue weighted by Crippen LogP contribution is -2.42. The van der Waals surface area contributed by atoms with Gasteiger partial charge in [0.05, 0.1) is 6.54 Å². The van der Waals surface area contributed by atoms with Gasteiger partial charge in [0.25, 0.3) is 0 Å². The van der Waals surface area contributed by atoms with Crippen LogP contribution in [0.3, 0.4) is 0 Å². The highest BCUT2D eigenvalue weighted by Gasteiger charge is 2.31. The third-order valence-corrected chi connectivity index (χ3v) is 6.54. The molecule has 2 aromatic rings. The summed E-state index contributed by atoms with van der Waals surface area (Å²) in [6, 6.07) is 6.71. The van der Waals surface area contributed by atoms with E-state index in [1.165, 1.54) is 18.4 Å². The van der Waals surface area contributed by atoms with Gasteiger partial charge in [-0.3, -0.25) is 14.8 Å². The van der Waals surface area contributed by atoms with E-state index in [2.05, 4.69) is 47.8 Å². The smallest absolute Gasteiger partial charge is 0.416 e. The van der Waals surface area contributed by atoms with E-state index in [1.807, 2.05) is 33.0 Å². The largest absolute Gasteiger partial charge is 0.488 e. The maximum atomic E-state index is 12.7. The summed E-state index contributed by atoms with van der Waals surface area (Å²) >= 11 is 0. The topological polar surface area (TPSA) is 67.8 Å². The van der Waals surface area contributed by atoms with Crippen LogP contribution >= 0.6 is 0 Å². The Labute approximate surface area is 203 Å². The van der Waals surface area contributed by atoms with Crippen molar-refractivity contribution < 1.29 is 14.3 Å². The van der Waals surface area contributed by atoms with Crippen molar-refractivity contribution in [2.45, 2.75) is 72.4 Å². The number of fused-ring (bicyclic) bond motifs is 1. The maximum absolute atomic E-state index is 12.7. The van der Waals surface area contributed by atoms with Crippen LogP contribution in [-0.2, 0) is 11.2 Å². The lowest BCUT2D eigenvalue weighted by atomic mass is 9.90. The van der Waals surface area contributed by atoms with E-state index >= 15 is 0 Å². The van der Waals surface area contributed by atoms with Gasteiger partial charge in [0.2, 0.25) is 0 Å². The van der Waals surface area contributed by atoms with E-state index in [9.17, 15) is 4.79 Å². The van der Waals surface area contributed by atoms with Gasteiger partial charge in [0.1, 0.15) is 12.2 Å². The predicted molar refractivity (Wildman–Crippen MR) is 133 cm³/mol. The first kappa shape index (κ1) is 24.5. The van der Waals surface area contributed by atoms with Gasteiger partial charge < -0.3 is 9.47 Å². The number of piperidine rings is 1. The summed E-state index contributed by atoms with van der Waals surface area (Å²) in [7, 11) is 0. The molecule has 4 heterocycles. The molecule has 4 rings (SSSR count). The minimum Gasteiger partial charge on any atom is -0.488 e. The van der Waals surface area contributed by atoms with Gasteiger partial charge in [-0.05, 0) is 103 Å². The summed E-state index contributed by atoms with van der Waals surface area (Å²) in [4.78, 5) is 26.0. The molecule has 2 aliphatic rings. The Balaban J connectivity index is 1.45. The molecule has 7 nitrogen and oxygen atoms in total. The summed E-state index contributed by atoms with van der Waals surface area (Å²) in [6.07, 6.45) is 5.03. The first-order valence-electron chi connectivity index (χ1n) is 12.4. The second-order valence-electron chi connectivity index (χ2n) is 10.7. The first-order valence-corrected chi connectivity index (χ1v) is 12.4. The number of ether oxygens (including phenoxy) is 2. The molecule has 1 fully saturated rings. The van der Waals surface area contributed by atoms with Gasteiger partial charge in [-0.15, -0.1) is 0 Å². The van der Waals surface area contributed by atoms with Crippen molar-refractivity contribution in [3.8, 4) is 5.75 Å². The monoisotopic (exact) mass is 466 g/mol. The third-order valence-electron chi connectivity index (χ3n) is 6.54. The van der Waals surface area contributed by atoms with E-state index in [4.69, 9.17) is 9.47 Å². The lowest BCUT2D eigenvalue weighted by molar-refractivity contribution is 0.0566. The highest BCUT2D eigenvalue weighted by Crippen LogP contribution is 2.35. The lowest BCUT2D eigenvalue weighted by Gasteiger charge is -2.37. The standard InChI is InChI=1S/C27H38N4O3/c1-18-12-22(13-19(2)29-18)14-21-8-7-9-30(17-21)20(3)23-15-24-25(28-16-23)31(10-11-33-24)26(32)34-27(4,5)6/h12-13,15-16,20-21H,7-11,14,17H2,1-6H3/t20?,21-/m1/s1. The number of pyridine rings is 2. The minimum atomic E-state index is -0.553. The van der Waals surface area contributed by atoms with E-state index in [-0.39, 0.29) is 12.1 Å². The van der Waals surface area contributed by atoms with Crippen LogP contribution in [0.4, 0.5) is 10.6 Å². The Morgan fingerprint density at radius 1 is 1.21 bits per heavy atom. The van der Waals surface area contributed by atoms with Crippen LogP contribution in [0.2, 0.25) is 0 Å².